The van der Waals surface area contributed by atoms with Gasteiger partial charge in [-0.05, 0) is 25.1 Å². The highest BCUT2D eigenvalue weighted by atomic mass is 32.2. The van der Waals surface area contributed by atoms with Gasteiger partial charge in [0.15, 0.2) is 11.5 Å². The Morgan fingerprint density at radius 3 is 2.90 bits per heavy atom. The SMILES string of the molecule is CCS(=O)(=O)NCc1nc(-c2ccc3c(c2)OCO3)no1. The van der Waals surface area contributed by atoms with Gasteiger partial charge in [-0.2, -0.15) is 4.98 Å². The van der Waals surface area contributed by atoms with Gasteiger partial charge in [0.25, 0.3) is 0 Å². The molecule has 1 N–H and O–H groups in total. The van der Waals surface area contributed by atoms with E-state index in [1.807, 2.05) is 0 Å². The number of sulfonamides is 1. The first kappa shape index (κ1) is 13.8. The summed E-state index contributed by atoms with van der Waals surface area (Å²) >= 11 is 0. The van der Waals surface area contributed by atoms with Crippen LogP contribution in [0.5, 0.6) is 11.5 Å². The number of aromatic nitrogens is 2. The van der Waals surface area contributed by atoms with Crippen LogP contribution in [0.25, 0.3) is 11.4 Å². The average Bonchev–Trinajstić information content (AvgIpc) is 3.13. The smallest absolute Gasteiger partial charge is 0.242 e. The van der Waals surface area contributed by atoms with Crippen LogP contribution in [0, 0.1) is 0 Å². The Labute approximate surface area is 121 Å². The molecule has 0 saturated carbocycles. The van der Waals surface area contributed by atoms with Gasteiger partial charge < -0.3 is 14.0 Å². The molecule has 2 heterocycles. The van der Waals surface area contributed by atoms with Crippen molar-refractivity contribution in [3.05, 3.63) is 24.1 Å². The van der Waals surface area contributed by atoms with Crippen LogP contribution in [0.3, 0.4) is 0 Å². The van der Waals surface area contributed by atoms with E-state index in [0.29, 0.717) is 22.9 Å². The van der Waals surface area contributed by atoms with Crippen LogP contribution in [0.1, 0.15) is 12.8 Å². The maximum Gasteiger partial charge on any atom is 0.242 e. The average molecular weight is 311 g/mol. The molecule has 9 heteroatoms. The third-order valence-corrected chi connectivity index (χ3v) is 4.27. The molecule has 1 aliphatic rings. The predicted octanol–water partition coefficient (Wildman–Crippen LogP) is 0.905. The molecule has 0 amide bonds. The van der Waals surface area contributed by atoms with Gasteiger partial charge in [0.05, 0.1) is 12.3 Å². The number of hydrogen-bond acceptors (Lipinski definition) is 7. The topological polar surface area (TPSA) is 104 Å². The molecule has 1 aliphatic heterocycles. The van der Waals surface area contributed by atoms with E-state index in [4.69, 9.17) is 14.0 Å². The quantitative estimate of drug-likeness (QED) is 0.875. The van der Waals surface area contributed by atoms with E-state index in [0.717, 1.165) is 0 Å². The summed E-state index contributed by atoms with van der Waals surface area (Å²) in [6.45, 7) is 1.71. The molecule has 0 bridgehead atoms. The zero-order valence-electron chi connectivity index (χ0n) is 11.2. The van der Waals surface area contributed by atoms with E-state index < -0.39 is 10.0 Å². The Hall–Kier alpha value is -2.13. The van der Waals surface area contributed by atoms with E-state index in [9.17, 15) is 8.42 Å². The first-order valence-corrected chi connectivity index (χ1v) is 7.92. The molecule has 1 aromatic heterocycles. The first-order chi connectivity index (χ1) is 10.1. The van der Waals surface area contributed by atoms with Gasteiger partial charge in [0.1, 0.15) is 0 Å². The van der Waals surface area contributed by atoms with Crippen molar-refractivity contribution in [2.45, 2.75) is 13.5 Å². The molecule has 21 heavy (non-hydrogen) atoms. The van der Waals surface area contributed by atoms with Gasteiger partial charge in [-0.1, -0.05) is 5.16 Å². The highest BCUT2D eigenvalue weighted by molar-refractivity contribution is 7.89. The van der Waals surface area contributed by atoms with Crippen LogP contribution in [-0.4, -0.2) is 31.1 Å². The lowest BCUT2D eigenvalue weighted by Gasteiger charge is -1.99. The van der Waals surface area contributed by atoms with Crippen LogP contribution in [-0.2, 0) is 16.6 Å². The zero-order valence-corrected chi connectivity index (χ0v) is 12.0. The van der Waals surface area contributed by atoms with E-state index >= 15 is 0 Å². The third kappa shape index (κ3) is 2.98. The van der Waals surface area contributed by atoms with Crippen LogP contribution >= 0.6 is 0 Å². The summed E-state index contributed by atoms with van der Waals surface area (Å²) < 4.78 is 40.6. The second-order valence-corrected chi connectivity index (χ2v) is 6.40. The molecule has 3 rings (SSSR count). The molecular weight excluding hydrogens is 298 g/mol. The number of rotatable bonds is 5. The largest absolute Gasteiger partial charge is 0.454 e. The summed E-state index contributed by atoms with van der Waals surface area (Å²) in [5.41, 5.74) is 0.701. The summed E-state index contributed by atoms with van der Waals surface area (Å²) in [4.78, 5) is 4.14. The van der Waals surface area contributed by atoms with Crippen molar-refractivity contribution in [3.8, 4) is 22.9 Å². The van der Waals surface area contributed by atoms with Crippen molar-refractivity contribution < 1.29 is 22.4 Å². The highest BCUT2D eigenvalue weighted by Gasteiger charge is 2.17. The summed E-state index contributed by atoms with van der Waals surface area (Å²) in [5, 5.41) is 3.82. The molecule has 0 fully saturated rings. The predicted molar refractivity (Wildman–Crippen MR) is 72.2 cm³/mol. The second-order valence-electron chi connectivity index (χ2n) is 4.30. The minimum Gasteiger partial charge on any atom is -0.454 e. The molecule has 0 aliphatic carbocycles. The standard InChI is InChI=1S/C12H13N3O5S/c1-2-21(16,17)13-6-11-14-12(15-20-11)8-3-4-9-10(5-8)19-7-18-9/h3-5,13H,2,6-7H2,1H3. The van der Waals surface area contributed by atoms with Crippen molar-refractivity contribution in [3.63, 3.8) is 0 Å². The van der Waals surface area contributed by atoms with Crippen molar-refractivity contribution >= 4 is 10.0 Å². The Morgan fingerprint density at radius 1 is 1.29 bits per heavy atom. The van der Waals surface area contributed by atoms with Crippen molar-refractivity contribution in [1.29, 1.82) is 0 Å². The van der Waals surface area contributed by atoms with Crippen LogP contribution in [0.4, 0.5) is 0 Å². The van der Waals surface area contributed by atoms with Crippen LogP contribution < -0.4 is 14.2 Å². The third-order valence-electron chi connectivity index (χ3n) is 2.92. The Morgan fingerprint density at radius 2 is 2.10 bits per heavy atom. The minimum atomic E-state index is -3.30. The molecule has 2 aromatic rings. The summed E-state index contributed by atoms with van der Waals surface area (Å²) in [6, 6.07) is 5.28. The fourth-order valence-corrected chi connectivity index (χ4v) is 2.30. The fourth-order valence-electron chi connectivity index (χ4n) is 1.75. The zero-order chi connectivity index (χ0) is 14.9. The van der Waals surface area contributed by atoms with E-state index in [1.54, 1.807) is 25.1 Å². The second kappa shape index (κ2) is 5.34. The lowest BCUT2D eigenvalue weighted by atomic mass is 10.2. The highest BCUT2D eigenvalue weighted by Crippen LogP contribution is 2.35. The van der Waals surface area contributed by atoms with Gasteiger partial charge in [-0.25, -0.2) is 13.1 Å². The molecular formula is C12H13N3O5S. The fraction of sp³-hybridized carbons (Fsp3) is 0.333. The Bertz CT molecular complexity index is 756. The Balaban J connectivity index is 1.76. The lowest BCUT2D eigenvalue weighted by molar-refractivity contribution is 0.174. The number of benzene rings is 1. The number of nitrogens with zero attached hydrogens (tertiary/aromatic N) is 2. The Kier molecular flexibility index (Phi) is 3.52. The maximum atomic E-state index is 11.3. The normalized spacial score (nSPS) is 13.6. The molecule has 1 aromatic carbocycles. The van der Waals surface area contributed by atoms with Crippen molar-refractivity contribution in [2.24, 2.45) is 0 Å². The maximum absolute atomic E-state index is 11.3. The molecule has 0 saturated heterocycles. The van der Waals surface area contributed by atoms with Gasteiger partial charge in [-0.15, -0.1) is 0 Å². The molecule has 0 atom stereocenters. The van der Waals surface area contributed by atoms with Gasteiger partial charge in [-0.3, -0.25) is 0 Å². The number of fused-ring (bicyclic) bond motifs is 1. The van der Waals surface area contributed by atoms with Gasteiger partial charge in [0.2, 0.25) is 28.5 Å². The molecule has 0 unspecified atom stereocenters. The van der Waals surface area contributed by atoms with E-state index in [2.05, 4.69) is 14.9 Å². The monoisotopic (exact) mass is 311 g/mol. The van der Waals surface area contributed by atoms with Crippen molar-refractivity contribution in [2.75, 3.05) is 12.5 Å². The van der Waals surface area contributed by atoms with E-state index in [-0.39, 0.29) is 25.0 Å². The minimum absolute atomic E-state index is 0.00381. The van der Waals surface area contributed by atoms with Gasteiger partial charge >= 0.3 is 0 Å². The summed E-state index contributed by atoms with van der Waals surface area (Å²) in [6.07, 6.45) is 0. The number of nitrogens with one attached hydrogen (secondary N) is 1. The molecule has 112 valence electrons. The molecule has 8 nitrogen and oxygen atoms in total. The van der Waals surface area contributed by atoms with Gasteiger partial charge in [0, 0.05) is 5.56 Å². The summed E-state index contributed by atoms with van der Waals surface area (Å²) in [5.74, 6) is 1.83. The van der Waals surface area contributed by atoms with Crippen molar-refractivity contribution in [1.82, 2.24) is 14.9 Å². The number of hydrogen-bond donors (Lipinski definition) is 1. The molecule has 0 spiro atoms. The van der Waals surface area contributed by atoms with Crippen LogP contribution in [0.15, 0.2) is 22.7 Å². The molecule has 0 radical (unpaired) electrons. The van der Waals surface area contributed by atoms with E-state index in [1.165, 1.54) is 0 Å². The first-order valence-electron chi connectivity index (χ1n) is 6.27. The van der Waals surface area contributed by atoms with Crippen LogP contribution in [0.2, 0.25) is 0 Å². The summed E-state index contributed by atoms with van der Waals surface area (Å²) in [7, 11) is -3.30. The lowest BCUT2D eigenvalue weighted by Crippen LogP contribution is -2.24. The number of ether oxygens (including phenoxy) is 2.